The number of carbonyl (C=O) groups is 2. The van der Waals surface area contributed by atoms with Crippen LogP contribution >= 0.6 is 0 Å². The van der Waals surface area contributed by atoms with Crippen LogP contribution in [0.15, 0.2) is 65.6 Å². The molecule has 3 aromatic carbocycles. The van der Waals surface area contributed by atoms with Crippen molar-refractivity contribution < 1.29 is 32.2 Å². The highest BCUT2D eigenvalue weighted by Gasteiger charge is 2.26. The van der Waals surface area contributed by atoms with Crippen LogP contribution in [0.5, 0.6) is 17.2 Å². The van der Waals surface area contributed by atoms with Gasteiger partial charge in [-0.2, -0.15) is 4.31 Å². The SMILES string of the molecule is COc1ccccc1NC(=O)COc1ccc(C(=O)Nc2cc(S(=O)(=O)N3CCCCC3)ccc2C)cc1OC. The standard InChI is InChI=1S/C29H33N3O7S/c1-20-11-13-22(40(35,36)32-15-7-4-8-16-32)18-24(20)31-29(34)21-12-14-26(27(17-21)38-3)39-19-28(33)30-23-9-5-6-10-25(23)37-2/h5-6,9-14,17-18H,4,7-8,15-16,19H2,1-3H3,(H,30,33)(H,31,34). The lowest BCUT2D eigenvalue weighted by Crippen LogP contribution is -2.35. The van der Waals surface area contributed by atoms with Gasteiger partial charge in [0.1, 0.15) is 5.75 Å². The molecule has 0 radical (unpaired) electrons. The molecular weight excluding hydrogens is 534 g/mol. The second-order valence-corrected chi connectivity index (χ2v) is 11.2. The van der Waals surface area contributed by atoms with E-state index in [1.54, 1.807) is 43.3 Å². The van der Waals surface area contributed by atoms with Gasteiger partial charge in [0.15, 0.2) is 18.1 Å². The van der Waals surface area contributed by atoms with E-state index in [9.17, 15) is 18.0 Å². The number of aryl methyl sites for hydroxylation is 1. The van der Waals surface area contributed by atoms with Gasteiger partial charge in [-0.3, -0.25) is 9.59 Å². The number of nitrogens with zero attached hydrogens (tertiary/aromatic N) is 1. The number of hydrogen-bond acceptors (Lipinski definition) is 7. The summed E-state index contributed by atoms with van der Waals surface area (Å²) in [5.74, 6) is 0.210. The van der Waals surface area contributed by atoms with E-state index in [2.05, 4.69) is 10.6 Å². The van der Waals surface area contributed by atoms with Crippen molar-refractivity contribution in [1.29, 1.82) is 0 Å². The number of benzene rings is 3. The van der Waals surface area contributed by atoms with Gasteiger partial charge in [-0.25, -0.2) is 8.42 Å². The molecule has 40 heavy (non-hydrogen) atoms. The second kappa shape index (κ2) is 12.8. The molecule has 0 spiro atoms. The Morgan fingerprint density at radius 2 is 1.55 bits per heavy atom. The van der Waals surface area contributed by atoms with E-state index in [0.29, 0.717) is 30.2 Å². The number of sulfonamides is 1. The first-order chi connectivity index (χ1) is 19.2. The topological polar surface area (TPSA) is 123 Å². The molecule has 3 aromatic rings. The summed E-state index contributed by atoms with van der Waals surface area (Å²) in [6.45, 7) is 2.49. The number of para-hydroxylation sites is 2. The minimum absolute atomic E-state index is 0.142. The van der Waals surface area contributed by atoms with Crippen LogP contribution in [0, 0.1) is 6.92 Å². The minimum Gasteiger partial charge on any atom is -0.495 e. The highest BCUT2D eigenvalue weighted by atomic mass is 32.2. The highest BCUT2D eigenvalue weighted by Crippen LogP contribution is 2.30. The lowest BCUT2D eigenvalue weighted by molar-refractivity contribution is -0.118. The smallest absolute Gasteiger partial charge is 0.262 e. The maximum absolute atomic E-state index is 13.1. The van der Waals surface area contributed by atoms with Crippen molar-refractivity contribution in [3.63, 3.8) is 0 Å². The lowest BCUT2D eigenvalue weighted by Gasteiger charge is -2.26. The number of amides is 2. The molecule has 2 N–H and O–H groups in total. The molecule has 0 aromatic heterocycles. The fraction of sp³-hybridized carbons (Fsp3) is 0.310. The molecule has 1 aliphatic heterocycles. The zero-order chi connectivity index (χ0) is 28.7. The van der Waals surface area contributed by atoms with Crippen LogP contribution in [0.25, 0.3) is 0 Å². The Morgan fingerprint density at radius 1 is 0.825 bits per heavy atom. The van der Waals surface area contributed by atoms with Gasteiger partial charge in [0.05, 0.1) is 24.8 Å². The summed E-state index contributed by atoms with van der Waals surface area (Å²) in [5, 5.41) is 5.53. The lowest BCUT2D eigenvalue weighted by atomic mass is 10.1. The minimum atomic E-state index is -3.65. The van der Waals surface area contributed by atoms with Crippen LogP contribution in [-0.4, -0.2) is 58.5 Å². The molecular formula is C29H33N3O7S. The zero-order valence-electron chi connectivity index (χ0n) is 22.7. The zero-order valence-corrected chi connectivity index (χ0v) is 23.5. The van der Waals surface area contributed by atoms with Crippen LogP contribution in [0.2, 0.25) is 0 Å². The van der Waals surface area contributed by atoms with Crippen molar-refractivity contribution in [3.8, 4) is 17.2 Å². The van der Waals surface area contributed by atoms with Gasteiger partial charge in [0.2, 0.25) is 10.0 Å². The quantitative estimate of drug-likeness (QED) is 0.371. The molecule has 0 atom stereocenters. The fourth-order valence-corrected chi connectivity index (χ4v) is 5.89. The van der Waals surface area contributed by atoms with Crippen molar-refractivity contribution in [3.05, 3.63) is 71.8 Å². The van der Waals surface area contributed by atoms with Crippen LogP contribution in [0.1, 0.15) is 35.2 Å². The number of hydrogen-bond donors (Lipinski definition) is 2. The molecule has 11 heteroatoms. The number of piperidine rings is 1. The Bertz CT molecular complexity index is 1480. The first-order valence-electron chi connectivity index (χ1n) is 12.9. The van der Waals surface area contributed by atoms with Gasteiger partial charge in [-0.05, 0) is 67.8 Å². The van der Waals surface area contributed by atoms with Crippen molar-refractivity contribution in [2.75, 3.05) is 44.5 Å². The average molecular weight is 568 g/mol. The maximum atomic E-state index is 13.1. The normalized spacial score (nSPS) is 13.8. The first kappa shape index (κ1) is 28.9. The van der Waals surface area contributed by atoms with Gasteiger partial charge in [-0.1, -0.05) is 24.6 Å². The number of nitrogens with one attached hydrogen (secondary N) is 2. The summed E-state index contributed by atoms with van der Waals surface area (Å²) in [6, 6.07) is 16.3. The number of ether oxygens (including phenoxy) is 3. The largest absolute Gasteiger partial charge is 0.495 e. The highest BCUT2D eigenvalue weighted by molar-refractivity contribution is 7.89. The summed E-state index contributed by atoms with van der Waals surface area (Å²) in [6.07, 6.45) is 2.69. The van der Waals surface area contributed by atoms with Gasteiger partial charge in [-0.15, -0.1) is 0 Å². The third kappa shape index (κ3) is 6.72. The summed E-state index contributed by atoms with van der Waals surface area (Å²) in [7, 11) is -0.708. The maximum Gasteiger partial charge on any atom is 0.262 e. The molecule has 212 valence electrons. The molecule has 0 bridgehead atoms. The molecule has 2 amide bonds. The van der Waals surface area contributed by atoms with E-state index in [1.165, 1.54) is 42.8 Å². The van der Waals surface area contributed by atoms with E-state index in [-0.39, 0.29) is 28.6 Å². The summed E-state index contributed by atoms with van der Waals surface area (Å²) >= 11 is 0. The van der Waals surface area contributed by atoms with E-state index < -0.39 is 21.8 Å². The third-order valence-electron chi connectivity index (χ3n) is 6.58. The van der Waals surface area contributed by atoms with Crippen molar-refractivity contribution in [2.45, 2.75) is 31.1 Å². The van der Waals surface area contributed by atoms with Crippen LogP contribution < -0.4 is 24.8 Å². The Hall–Kier alpha value is -4.09. The average Bonchev–Trinajstić information content (AvgIpc) is 2.97. The van der Waals surface area contributed by atoms with Crippen molar-refractivity contribution >= 4 is 33.2 Å². The van der Waals surface area contributed by atoms with E-state index in [1.807, 2.05) is 0 Å². The van der Waals surface area contributed by atoms with Crippen molar-refractivity contribution in [2.24, 2.45) is 0 Å². The fourth-order valence-electron chi connectivity index (χ4n) is 4.35. The molecule has 1 saturated heterocycles. The van der Waals surface area contributed by atoms with Gasteiger partial charge in [0.25, 0.3) is 11.8 Å². The molecule has 1 aliphatic rings. The summed E-state index contributed by atoms with van der Waals surface area (Å²) in [4.78, 5) is 25.7. The number of anilines is 2. The molecule has 1 heterocycles. The molecule has 4 rings (SSSR count). The number of methoxy groups -OCH3 is 2. The summed E-state index contributed by atoms with van der Waals surface area (Å²) in [5.41, 5.74) is 1.90. The second-order valence-electron chi connectivity index (χ2n) is 9.30. The van der Waals surface area contributed by atoms with Crippen LogP contribution in [0.4, 0.5) is 11.4 Å². The Morgan fingerprint density at radius 3 is 2.27 bits per heavy atom. The predicted molar refractivity (Wildman–Crippen MR) is 152 cm³/mol. The van der Waals surface area contributed by atoms with E-state index in [0.717, 1.165) is 24.8 Å². The van der Waals surface area contributed by atoms with E-state index in [4.69, 9.17) is 14.2 Å². The molecule has 0 saturated carbocycles. The van der Waals surface area contributed by atoms with Gasteiger partial charge >= 0.3 is 0 Å². The summed E-state index contributed by atoms with van der Waals surface area (Å²) < 4.78 is 44.0. The molecule has 0 unspecified atom stereocenters. The van der Waals surface area contributed by atoms with E-state index >= 15 is 0 Å². The monoisotopic (exact) mass is 567 g/mol. The molecule has 10 nitrogen and oxygen atoms in total. The van der Waals surface area contributed by atoms with Gasteiger partial charge < -0.3 is 24.8 Å². The predicted octanol–water partition coefficient (Wildman–Crippen LogP) is 4.46. The molecule has 0 aliphatic carbocycles. The number of carbonyl (C=O) groups excluding carboxylic acids is 2. The Labute approximate surface area is 234 Å². The van der Waals surface area contributed by atoms with Gasteiger partial charge in [0, 0.05) is 24.3 Å². The third-order valence-corrected chi connectivity index (χ3v) is 8.47. The first-order valence-corrected chi connectivity index (χ1v) is 14.3. The van der Waals surface area contributed by atoms with Crippen LogP contribution in [0.3, 0.4) is 0 Å². The Balaban J connectivity index is 1.44. The Kier molecular flexibility index (Phi) is 9.28. The van der Waals surface area contributed by atoms with Crippen LogP contribution in [-0.2, 0) is 14.8 Å². The molecule has 1 fully saturated rings. The van der Waals surface area contributed by atoms with Crippen molar-refractivity contribution in [1.82, 2.24) is 4.31 Å². The number of rotatable bonds is 10.